The molecule has 0 saturated heterocycles. The highest BCUT2D eigenvalue weighted by atomic mass is 16.1. The summed E-state index contributed by atoms with van der Waals surface area (Å²) in [4.78, 5) is 12.7. The number of rotatable bonds is 3. The Labute approximate surface area is 142 Å². The Morgan fingerprint density at radius 3 is 2.42 bits per heavy atom. The van der Waals surface area contributed by atoms with Crippen molar-refractivity contribution < 1.29 is 4.79 Å². The van der Waals surface area contributed by atoms with Crippen molar-refractivity contribution in [2.24, 2.45) is 0 Å². The van der Waals surface area contributed by atoms with Crippen LogP contribution in [0.2, 0.25) is 0 Å². The average Bonchev–Trinajstić information content (AvgIpc) is 2.86. The molecule has 1 N–H and O–H groups in total. The molecule has 0 saturated carbocycles. The van der Waals surface area contributed by atoms with Crippen LogP contribution in [-0.2, 0) is 0 Å². The van der Waals surface area contributed by atoms with Gasteiger partial charge in [0.1, 0.15) is 0 Å². The molecule has 0 unspecified atom stereocenters. The van der Waals surface area contributed by atoms with Crippen LogP contribution in [0.15, 0.2) is 48.5 Å². The molecule has 0 radical (unpaired) electrons. The summed E-state index contributed by atoms with van der Waals surface area (Å²) in [6.45, 7) is 7.94. The third-order valence-corrected chi connectivity index (χ3v) is 4.02. The van der Waals surface area contributed by atoms with Crippen molar-refractivity contribution in [3.8, 4) is 5.69 Å². The van der Waals surface area contributed by atoms with E-state index < -0.39 is 0 Å². The van der Waals surface area contributed by atoms with Gasteiger partial charge in [-0.15, -0.1) is 0 Å². The van der Waals surface area contributed by atoms with Crippen molar-refractivity contribution in [2.45, 2.75) is 27.7 Å². The van der Waals surface area contributed by atoms with Gasteiger partial charge < -0.3 is 5.32 Å². The smallest absolute Gasteiger partial charge is 0.255 e. The van der Waals surface area contributed by atoms with Gasteiger partial charge in [0.15, 0.2) is 0 Å². The first-order valence-corrected chi connectivity index (χ1v) is 7.97. The average molecular weight is 319 g/mol. The molecular weight excluding hydrogens is 298 g/mol. The van der Waals surface area contributed by atoms with Crippen molar-refractivity contribution in [2.75, 3.05) is 5.32 Å². The molecule has 0 aliphatic rings. The second kappa shape index (κ2) is 6.32. The number of carbonyl (C=O) groups excluding carboxylic acids is 1. The summed E-state index contributed by atoms with van der Waals surface area (Å²) in [5, 5.41) is 7.54. The molecule has 4 heteroatoms. The van der Waals surface area contributed by atoms with Crippen LogP contribution in [0.25, 0.3) is 5.69 Å². The first-order chi connectivity index (χ1) is 11.5. The Kier molecular flexibility index (Phi) is 4.21. The van der Waals surface area contributed by atoms with E-state index in [1.807, 2.05) is 80.9 Å². The molecule has 122 valence electrons. The molecule has 2 aromatic carbocycles. The number of carbonyl (C=O) groups is 1. The Morgan fingerprint density at radius 2 is 1.75 bits per heavy atom. The SMILES string of the molecule is Cc1ccc(C(=O)Nc2ccccc2-n2nc(C)cc2C)c(C)c1. The van der Waals surface area contributed by atoms with Crippen molar-refractivity contribution in [1.29, 1.82) is 0 Å². The fourth-order valence-corrected chi connectivity index (χ4v) is 2.89. The molecule has 0 aliphatic heterocycles. The van der Waals surface area contributed by atoms with Gasteiger partial charge in [-0.2, -0.15) is 5.10 Å². The highest BCUT2D eigenvalue weighted by molar-refractivity contribution is 6.06. The summed E-state index contributed by atoms with van der Waals surface area (Å²) in [5.41, 5.74) is 6.38. The van der Waals surface area contributed by atoms with E-state index in [1.54, 1.807) is 0 Å². The third-order valence-electron chi connectivity index (χ3n) is 4.02. The van der Waals surface area contributed by atoms with Crippen LogP contribution in [0.5, 0.6) is 0 Å². The van der Waals surface area contributed by atoms with Crippen LogP contribution in [0, 0.1) is 27.7 Å². The van der Waals surface area contributed by atoms with E-state index in [-0.39, 0.29) is 5.91 Å². The summed E-state index contributed by atoms with van der Waals surface area (Å²) in [5.74, 6) is -0.110. The van der Waals surface area contributed by atoms with Crippen LogP contribution >= 0.6 is 0 Å². The number of benzene rings is 2. The fraction of sp³-hybridized carbons (Fsp3) is 0.200. The predicted molar refractivity (Wildman–Crippen MR) is 96.9 cm³/mol. The van der Waals surface area contributed by atoms with Gasteiger partial charge in [-0.1, -0.05) is 29.8 Å². The summed E-state index contributed by atoms with van der Waals surface area (Å²) in [6.07, 6.45) is 0. The normalized spacial score (nSPS) is 10.7. The van der Waals surface area contributed by atoms with Crippen LogP contribution in [0.4, 0.5) is 5.69 Å². The summed E-state index contributed by atoms with van der Waals surface area (Å²) in [7, 11) is 0. The molecule has 1 aromatic heterocycles. The summed E-state index contributed by atoms with van der Waals surface area (Å²) >= 11 is 0. The summed E-state index contributed by atoms with van der Waals surface area (Å²) < 4.78 is 1.85. The Hall–Kier alpha value is -2.88. The van der Waals surface area contributed by atoms with Gasteiger partial charge in [-0.3, -0.25) is 4.79 Å². The fourth-order valence-electron chi connectivity index (χ4n) is 2.89. The number of amides is 1. The largest absolute Gasteiger partial charge is 0.320 e. The monoisotopic (exact) mass is 319 g/mol. The highest BCUT2D eigenvalue weighted by Gasteiger charge is 2.13. The van der Waals surface area contributed by atoms with Gasteiger partial charge >= 0.3 is 0 Å². The van der Waals surface area contributed by atoms with E-state index in [9.17, 15) is 4.79 Å². The Bertz CT molecular complexity index is 909. The molecular formula is C20H21N3O. The number of hydrogen-bond donors (Lipinski definition) is 1. The zero-order valence-electron chi connectivity index (χ0n) is 14.4. The van der Waals surface area contributed by atoms with Gasteiger partial charge in [-0.05, 0) is 57.5 Å². The van der Waals surface area contributed by atoms with Gasteiger partial charge in [0, 0.05) is 11.3 Å². The standard InChI is InChI=1S/C20H21N3O/c1-13-9-10-17(14(2)11-13)20(24)21-18-7-5-6-8-19(18)23-16(4)12-15(3)22-23/h5-12H,1-4H3,(H,21,24). The van der Waals surface area contributed by atoms with Crippen molar-refractivity contribution in [3.05, 3.63) is 76.6 Å². The molecule has 3 rings (SSSR count). The van der Waals surface area contributed by atoms with Gasteiger partial charge in [0.05, 0.1) is 17.1 Å². The minimum absolute atomic E-state index is 0.110. The van der Waals surface area contributed by atoms with E-state index in [0.717, 1.165) is 33.9 Å². The van der Waals surface area contributed by atoms with E-state index in [0.29, 0.717) is 5.56 Å². The minimum Gasteiger partial charge on any atom is -0.320 e. The molecule has 0 spiro atoms. The molecule has 0 aliphatic carbocycles. The van der Waals surface area contributed by atoms with Crippen LogP contribution < -0.4 is 5.32 Å². The maximum absolute atomic E-state index is 12.7. The Balaban J connectivity index is 1.96. The molecule has 1 heterocycles. The zero-order chi connectivity index (χ0) is 17.3. The second-order valence-electron chi connectivity index (χ2n) is 6.13. The number of aryl methyl sites for hydroxylation is 4. The number of nitrogens with zero attached hydrogens (tertiary/aromatic N) is 2. The first kappa shape index (κ1) is 16.0. The van der Waals surface area contributed by atoms with E-state index in [2.05, 4.69) is 10.4 Å². The van der Waals surface area contributed by atoms with E-state index in [1.165, 1.54) is 0 Å². The highest BCUT2D eigenvalue weighted by Crippen LogP contribution is 2.23. The lowest BCUT2D eigenvalue weighted by Gasteiger charge is -2.13. The maximum atomic E-state index is 12.7. The lowest BCUT2D eigenvalue weighted by molar-refractivity contribution is 0.102. The van der Waals surface area contributed by atoms with Crippen LogP contribution in [0.3, 0.4) is 0 Å². The molecule has 0 atom stereocenters. The van der Waals surface area contributed by atoms with Crippen LogP contribution in [0.1, 0.15) is 32.9 Å². The lowest BCUT2D eigenvalue weighted by atomic mass is 10.1. The minimum atomic E-state index is -0.110. The Morgan fingerprint density at radius 1 is 1.00 bits per heavy atom. The second-order valence-corrected chi connectivity index (χ2v) is 6.13. The van der Waals surface area contributed by atoms with Crippen molar-refractivity contribution in [1.82, 2.24) is 9.78 Å². The number of aromatic nitrogens is 2. The topological polar surface area (TPSA) is 46.9 Å². The molecule has 3 aromatic rings. The van der Waals surface area contributed by atoms with Gasteiger partial charge in [0.2, 0.25) is 0 Å². The maximum Gasteiger partial charge on any atom is 0.255 e. The zero-order valence-corrected chi connectivity index (χ0v) is 14.4. The number of para-hydroxylation sites is 2. The number of nitrogens with one attached hydrogen (secondary N) is 1. The van der Waals surface area contributed by atoms with Crippen molar-refractivity contribution >= 4 is 11.6 Å². The first-order valence-electron chi connectivity index (χ1n) is 7.97. The van der Waals surface area contributed by atoms with Crippen LogP contribution in [-0.4, -0.2) is 15.7 Å². The molecule has 1 amide bonds. The van der Waals surface area contributed by atoms with Gasteiger partial charge in [0.25, 0.3) is 5.91 Å². The molecule has 4 nitrogen and oxygen atoms in total. The quantitative estimate of drug-likeness (QED) is 0.780. The van der Waals surface area contributed by atoms with E-state index >= 15 is 0 Å². The number of hydrogen-bond acceptors (Lipinski definition) is 2. The molecule has 0 fully saturated rings. The van der Waals surface area contributed by atoms with E-state index in [4.69, 9.17) is 0 Å². The lowest BCUT2D eigenvalue weighted by Crippen LogP contribution is -2.15. The summed E-state index contributed by atoms with van der Waals surface area (Å²) in [6, 6.07) is 15.6. The molecule has 0 bridgehead atoms. The molecule has 24 heavy (non-hydrogen) atoms. The third kappa shape index (κ3) is 3.08. The predicted octanol–water partition coefficient (Wildman–Crippen LogP) is 4.36. The van der Waals surface area contributed by atoms with Gasteiger partial charge in [-0.25, -0.2) is 4.68 Å². The van der Waals surface area contributed by atoms with Crippen molar-refractivity contribution in [3.63, 3.8) is 0 Å². The number of anilines is 1.